The van der Waals surface area contributed by atoms with Crippen molar-refractivity contribution in [2.24, 2.45) is 11.7 Å². The van der Waals surface area contributed by atoms with Crippen LogP contribution in [0.25, 0.3) is 0 Å². The van der Waals surface area contributed by atoms with E-state index in [1.807, 2.05) is 13.8 Å². The Hall–Kier alpha value is -0.910. The maximum Gasteiger partial charge on any atom is 0.240 e. The molecule has 5 heteroatoms. The Bertz CT molecular complexity index is 441. The van der Waals surface area contributed by atoms with Gasteiger partial charge in [-0.3, -0.25) is 0 Å². The van der Waals surface area contributed by atoms with Gasteiger partial charge in [0.15, 0.2) is 0 Å². The quantitative estimate of drug-likeness (QED) is 0.811. The minimum atomic E-state index is -3.43. The van der Waals surface area contributed by atoms with E-state index in [9.17, 15) is 8.42 Å². The fraction of sp³-hybridized carbons (Fsp3) is 0.455. The lowest BCUT2D eigenvalue weighted by Gasteiger charge is -2.11. The first-order valence-corrected chi connectivity index (χ1v) is 6.73. The van der Waals surface area contributed by atoms with Gasteiger partial charge in [0.1, 0.15) is 0 Å². The third-order valence-electron chi connectivity index (χ3n) is 2.16. The Labute approximate surface area is 96.9 Å². The molecule has 0 amide bonds. The number of hydrogen-bond acceptors (Lipinski definition) is 3. The number of sulfonamides is 1. The monoisotopic (exact) mass is 242 g/mol. The summed E-state index contributed by atoms with van der Waals surface area (Å²) in [5.74, 6) is 0.278. The zero-order chi connectivity index (χ0) is 12.2. The predicted molar refractivity (Wildman–Crippen MR) is 64.4 cm³/mol. The minimum absolute atomic E-state index is 0.221. The van der Waals surface area contributed by atoms with Crippen LogP contribution in [0.5, 0.6) is 0 Å². The molecule has 0 saturated carbocycles. The molecular weight excluding hydrogens is 224 g/mol. The molecule has 1 aromatic rings. The summed E-state index contributed by atoms with van der Waals surface area (Å²) in [4.78, 5) is 0.276. The van der Waals surface area contributed by atoms with Gasteiger partial charge >= 0.3 is 0 Å². The summed E-state index contributed by atoms with van der Waals surface area (Å²) < 4.78 is 26.5. The molecule has 0 bridgehead atoms. The van der Waals surface area contributed by atoms with Crippen molar-refractivity contribution in [2.75, 3.05) is 6.54 Å². The third kappa shape index (κ3) is 3.30. The molecule has 90 valence electrons. The number of hydrogen-bond donors (Lipinski definition) is 2. The molecule has 1 aromatic carbocycles. The highest BCUT2D eigenvalue weighted by Crippen LogP contribution is 2.14. The second-order valence-corrected chi connectivity index (χ2v) is 5.79. The molecule has 0 aliphatic heterocycles. The SMILES string of the molecule is CC(C)CNS(=O)(=O)c1ccccc1CN. The van der Waals surface area contributed by atoms with E-state index in [2.05, 4.69) is 4.72 Å². The van der Waals surface area contributed by atoms with E-state index in [1.54, 1.807) is 24.3 Å². The van der Waals surface area contributed by atoms with Crippen molar-refractivity contribution in [3.8, 4) is 0 Å². The molecule has 0 heterocycles. The van der Waals surface area contributed by atoms with Crippen LogP contribution < -0.4 is 10.5 Å². The Morgan fingerprint density at radius 2 is 1.94 bits per heavy atom. The van der Waals surface area contributed by atoms with Gasteiger partial charge in [-0.05, 0) is 17.5 Å². The lowest BCUT2D eigenvalue weighted by atomic mass is 10.2. The van der Waals surface area contributed by atoms with Crippen LogP contribution in [0.1, 0.15) is 19.4 Å². The zero-order valence-electron chi connectivity index (χ0n) is 9.60. The van der Waals surface area contributed by atoms with Gasteiger partial charge < -0.3 is 5.73 Å². The Kier molecular flexibility index (Phi) is 4.46. The average molecular weight is 242 g/mol. The number of nitrogens with two attached hydrogens (primary N) is 1. The van der Waals surface area contributed by atoms with Gasteiger partial charge in [0.2, 0.25) is 10.0 Å². The molecule has 0 aliphatic rings. The molecule has 0 spiro atoms. The first-order valence-electron chi connectivity index (χ1n) is 5.25. The number of nitrogens with one attached hydrogen (secondary N) is 1. The number of rotatable bonds is 5. The lowest BCUT2D eigenvalue weighted by Crippen LogP contribution is -2.28. The van der Waals surface area contributed by atoms with Crippen LogP contribution in [0.4, 0.5) is 0 Å². The Morgan fingerprint density at radius 3 is 2.50 bits per heavy atom. The highest BCUT2D eigenvalue weighted by molar-refractivity contribution is 7.89. The van der Waals surface area contributed by atoms with Crippen molar-refractivity contribution in [1.82, 2.24) is 4.72 Å². The van der Waals surface area contributed by atoms with Crippen molar-refractivity contribution >= 4 is 10.0 Å². The van der Waals surface area contributed by atoms with E-state index in [0.29, 0.717) is 12.1 Å². The maximum absolute atomic E-state index is 11.9. The molecule has 0 atom stereocenters. The van der Waals surface area contributed by atoms with Crippen LogP contribution in [0.15, 0.2) is 29.2 Å². The predicted octanol–water partition coefficient (Wildman–Crippen LogP) is 1.08. The van der Waals surface area contributed by atoms with Crippen LogP contribution in [0.2, 0.25) is 0 Å². The molecule has 0 radical (unpaired) electrons. The second-order valence-electron chi connectivity index (χ2n) is 4.06. The summed E-state index contributed by atoms with van der Waals surface area (Å²) in [6, 6.07) is 6.78. The molecular formula is C11H18N2O2S. The van der Waals surface area contributed by atoms with E-state index in [4.69, 9.17) is 5.73 Å². The Balaban J connectivity index is 2.98. The van der Waals surface area contributed by atoms with E-state index < -0.39 is 10.0 Å². The molecule has 4 nitrogen and oxygen atoms in total. The summed E-state index contributed by atoms with van der Waals surface area (Å²) in [5.41, 5.74) is 6.15. The number of benzene rings is 1. The fourth-order valence-electron chi connectivity index (χ4n) is 1.29. The van der Waals surface area contributed by atoms with E-state index in [0.717, 1.165) is 0 Å². The van der Waals surface area contributed by atoms with E-state index >= 15 is 0 Å². The molecule has 0 aromatic heterocycles. The van der Waals surface area contributed by atoms with Crippen LogP contribution in [-0.4, -0.2) is 15.0 Å². The highest BCUT2D eigenvalue weighted by Gasteiger charge is 2.16. The summed E-state index contributed by atoms with van der Waals surface area (Å²) >= 11 is 0. The van der Waals surface area contributed by atoms with Gasteiger partial charge in [-0.25, -0.2) is 13.1 Å². The van der Waals surface area contributed by atoms with Gasteiger partial charge in [0.05, 0.1) is 4.90 Å². The first-order chi connectivity index (χ1) is 7.47. The van der Waals surface area contributed by atoms with Gasteiger partial charge in [-0.2, -0.15) is 0 Å². The Morgan fingerprint density at radius 1 is 1.31 bits per heavy atom. The normalized spacial score (nSPS) is 12.0. The van der Waals surface area contributed by atoms with Crippen LogP contribution in [0.3, 0.4) is 0 Å². The lowest BCUT2D eigenvalue weighted by molar-refractivity contribution is 0.559. The zero-order valence-corrected chi connectivity index (χ0v) is 10.4. The maximum atomic E-state index is 11.9. The highest BCUT2D eigenvalue weighted by atomic mass is 32.2. The smallest absolute Gasteiger partial charge is 0.240 e. The first kappa shape index (κ1) is 13.2. The fourth-order valence-corrected chi connectivity index (χ4v) is 2.75. The average Bonchev–Trinajstić information content (AvgIpc) is 2.26. The molecule has 0 unspecified atom stereocenters. The molecule has 3 N–H and O–H groups in total. The van der Waals surface area contributed by atoms with Crippen molar-refractivity contribution in [1.29, 1.82) is 0 Å². The molecule has 0 saturated heterocycles. The summed E-state index contributed by atoms with van der Waals surface area (Å²) in [6.45, 7) is 4.56. The largest absolute Gasteiger partial charge is 0.326 e. The van der Waals surface area contributed by atoms with Gasteiger partial charge in [0.25, 0.3) is 0 Å². The van der Waals surface area contributed by atoms with Crippen LogP contribution >= 0.6 is 0 Å². The molecule has 0 aliphatic carbocycles. The molecule has 0 fully saturated rings. The standard InChI is InChI=1S/C11H18N2O2S/c1-9(2)8-13-16(14,15)11-6-4-3-5-10(11)7-12/h3-6,9,13H,7-8,12H2,1-2H3. The van der Waals surface area contributed by atoms with E-state index in [-0.39, 0.29) is 17.4 Å². The van der Waals surface area contributed by atoms with Gasteiger partial charge in [-0.1, -0.05) is 32.0 Å². The summed E-state index contributed by atoms with van der Waals surface area (Å²) in [6.07, 6.45) is 0. The van der Waals surface area contributed by atoms with Crippen molar-refractivity contribution in [2.45, 2.75) is 25.3 Å². The molecule has 1 rings (SSSR count). The van der Waals surface area contributed by atoms with Gasteiger partial charge in [-0.15, -0.1) is 0 Å². The topological polar surface area (TPSA) is 72.2 Å². The second kappa shape index (κ2) is 5.43. The minimum Gasteiger partial charge on any atom is -0.326 e. The van der Waals surface area contributed by atoms with Crippen LogP contribution in [0, 0.1) is 5.92 Å². The van der Waals surface area contributed by atoms with Crippen molar-refractivity contribution in [3.63, 3.8) is 0 Å². The van der Waals surface area contributed by atoms with Crippen molar-refractivity contribution in [3.05, 3.63) is 29.8 Å². The third-order valence-corrected chi connectivity index (χ3v) is 3.69. The molecule has 16 heavy (non-hydrogen) atoms. The van der Waals surface area contributed by atoms with Gasteiger partial charge in [0, 0.05) is 13.1 Å². The summed E-state index contributed by atoms with van der Waals surface area (Å²) in [5, 5.41) is 0. The summed E-state index contributed by atoms with van der Waals surface area (Å²) in [7, 11) is -3.43. The van der Waals surface area contributed by atoms with Crippen molar-refractivity contribution < 1.29 is 8.42 Å². The van der Waals surface area contributed by atoms with E-state index in [1.165, 1.54) is 0 Å². The van der Waals surface area contributed by atoms with Crippen LogP contribution in [-0.2, 0) is 16.6 Å².